The molecule has 0 aliphatic heterocycles. The monoisotopic (exact) mass is 345 g/mol. The van der Waals surface area contributed by atoms with Crippen molar-refractivity contribution in [1.29, 1.82) is 0 Å². The van der Waals surface area contributed by atoms with E-state index in [0.717, 1.165) is 12.8 Å². The van der Waals surface area contributed by atoms with E-state index in [-0.39, 0.29) is 11.7 Å². The van der Waals surface area contributed by atoms with Gasteiger partial charge in [-0.3, -0.25) is 4.79 Å². The highest BCUT2D eigenvalue weighted by Crippen LogP contribution is 2.19. The Morgan fingerprint density at radius 1 is 1.24 bits per heavy atom. The summed E-state index contributed by atoms with van der Waals surface area (Å²) in [4.78, 5) is 12.2. The number of hydrogen-bond donors (Lipinski definition) is 1. The van der Waals surface area contributed by atoms with Gasteiger partial charge in [-0.25, -0.2) is 9.07 Å². The third-order valence-corrected chi connectivity index (χ3v) is 4.49. The van der Waals surface area contributed by atoms with Crippen LogP contribution in [0.1, 0.15) is 48.9 Å². The zero-order chi connectivity index (χ0) is 17.5. The highest BCUT2D eigenvalue weighted by atomic mass is 19.1. The summed E-state index contributed by atoms with van der Waals surface area (Å²) in [5, 5.41) is 6.89. The average Bonchev–Trinajstić information content (AvgIpc) is 2.96. The molecule has 1 saturated carbocycles. The van der Waals surface area contributed by atoms with Crippen molar-refractivity contribution in [3.8, 4) is 5.69 Å². The quantitative estimate of drug-likeness (QED) is 0.644. The summed E-state index contributed by atoms with van der Waals surface area (Å²) < 4.78 is 21.0. The molecular weight excluding hydrogens is 321 g/mol. The predicted molar refractivity (Wildman–Crippen MR) is 93.3 cm³/mol. The molecule has 1 heterocycles. The van der Waals surface area contributed by atoms with Crippen molar-refractivity contribution < 1.29 is 13.9 Å². The zero-order valence-electron chi connectivity index (χ0n) is 14.3. The number of para-hydroxylation sites is 1. The fourth-order valence-electron chi connectivity index (χ4n) is 3.11. The first-order valence-electron chi connectivity index (χ1n) is 8.93. The van der Waals surface area contributed by atoms with Gasteiger partial charge in [-0.2, -0.15) is 5.10 Å². The summed E-state index contributed by atoms with van der Waals surface area (Å²) in [6.07, 6.45) is 10.6. The van der Waals surface area contributed by atoms with Gasteiger partial charge >= 0.3 is 0 Å². The Labute approximate surface area is 147 Å². The van der Waals surface area contributed by atoms with Crippen LogP contribution in [0.4, 0.5) is 4.39 Å². The first kappa shape index (κ1) is 17.6. The maximum absolute atomic E-state index is 13.8. The first-order chi connectivity index (χ1) is 12.2. The molecule has 2 aromatic rings. The average molecular weight is 345 g/mol. The molecule has 0 atom stereocenters. The SMILES string of the molecule is O=C(NCCOC1CCCCCC1)c1cnn(-c2ccccc2F)c1. The van der Waals surface area contributed by atoms with Crippen LogP contribution in [0.25, 0.3) is 5.69 Å². The number of nitrogens with zero attached hydrogens (tertiary/aromatic N) is 2. The maximum atomic E-state index is 13.8. The summed E-state index contributed by atoms with van der Waals surface area (Å²) in [5.74, 6) is -0.610. The number of ether oxygens (including phenoxy) is 1. The highest BCUT2D eigenvalue weighted by molar-refractivity contribution is 5.93. The molecule has 1 aliphatic rings. The molecule has 1 amide bonds. The fourth-order valence-corrected chi connectivity index (χ4v) is 3.11. The number of carbonyl (C=O) groups excluding carboxylic acids is 1. The molecule has 1 aliphatic carbocycles. The van der Waals surface area contributed by atoms with Gasteiger partial charge in [0.05, 0.1) is 24.5 Å². The molecular formula is C19H24FN3O2. The van der Waals surface area contributed by atoms with E-state index >= 15 is 0 Å². The molecule has 0 spiro atoms. The molecule has 0 unspecified atom stereocenters. The van der Waals surface area contributed by atoms with Crippen LogP contribution in [0.3, 0.4) is 0 Å². The lowest BCUT2D eigenvalue weighted by Crippen LogP contribution is -2.28. The fraction of sp³-hybridized carbons (Fsp3) is 0.474. The summed E-state index contributed by atoms with van der Waals surface area (Å²) in [7, 11) is 0. The summed E-state index contributed by atoms with van der Waals surface area (Å²) in [5.41, 5.74) is 0.718. The third-order valence-electron chi connectivity index (χ3n) is 4.49. The molecule has 1 N–H and O–H groups in total. The van der Waals surface area contributed by atoms with Crippen LogP contribution in [0.5, 0.6) is 0 Å². The van der Waals surface area contributed by atoms with E-state index in [0.29, 0.717) is 30.5 Å². The van der Waals surface area contributed by atoms with Gasteiger partial charge < -0.3 is 10.1 Å². The molecule has 3 rings (SSSR count). The Bertz CT molecular complexity index is 693. The molecule has 1 aromatic carbocycles. The van der Waals surface area contributed by atoms with Gasteiger partial charge in [0.25, 0.3) is 5.91 Å². The number of nitrogens with one attached hydrogen (secondary N) is 1. The Hall–Kier alpha value is -2.21. The number of hydrogen-bond acceptors (Lipinski definition) is 3. The van der Waals surface area contributed by atoms with Crippen LogP contribution >= 0.6 is 0 Å². The van der Waals surface area contributed by atoms with E-state index in [2.05, 4.69) is 10.4 Å². The van der Waals surface area contributed by atoms with Crippen LogP contribution in [-0.4, -0.2) is 34.9 Å². The number of halogens is 1. The van der Waals surface area contributed by atoms with E-state index in [1.54, 1.807) is 18.2 Å². The van der Waals surface area contributed by atoms with E-state index < -0.39 is 0 Å². The van der Waals surface area contributed by atoms with Gasteiger partial charge in [0, 0.05) is 12.7 Å². The molecule has 0 radical (unpaired) electrons. The molecule has 0 saturated heterocycles. The van der Waals surface area contributed by atoms with Crippen molar-refractivity contribution in [1.82, 2.24) is 15.1 Å². The van der Waals surface area contributed by atoms with Crippen LogP contribution in [-0.2, 0) is 4.74 Å². The van der Waals surface area contributed by atoms with Gasteiger partial charge in [-0.15, -0.1) is 0 Å². The molecule has 134 valence electrons. The third kappa shape index (κ3) is 4.89. The first-order valence-corrected chi connectivity index (χ1v) is 8.93. The van der Waals surface area contributed by atoms with Crippen LogP contribution in [0.15, 0.2) is 36.7 Å². The lowest BCUT2D eigenvalue weighted by molar-refractivity contribution is 0.0442. The van der Waals surface area contributed by atoms with Crippen LogP contribution < -0.4 is 5.32 Å². The minimum atomic E-state index is -0.380. The predicted octanol–water partition coefficient (Wildman–Crippen LogP) is 3.48. The molecule has 25 heavy (non-hydrogen) atoms. The summed E-state index contributed by atoms with van der Waals surface area (Å²) in [6, 6.07) is 6.32. The van der Waals surface area contributed by atoms with Gasteiger partial charge in [0.15, 0.2) is 0 Å². The van der Waals surface area contributed by atoms with Gasteiger partial charge in [0.2, 0.25) is 0 Å². The minimum Gasteiger partial charge on any atom is -0.376 e. The molecule has 0 bridgehead atoms. The Morgan fingerprint density at radius 3 is 2.76 bits per heavy atom. The Balaban J connectivity index is 1.46. The van der Waals surface area contributed by atoms with E-state index in [1.807, 2.05) is 0 Å². The lowest BCUT2D eigenvalue weighted by Gasteiger charge is -2.15. The Morgan fingerprint density at radius 2 is 2.00 bits per heavy atom. The Kier molecular flexibility index (Phi) is 6.17. The lowest BCUT2D eigenvalue weighted by atomic mass is 10.1. The van der Waals surface area contributed by atoms with Gasteiger partial charge in [-0.1, -0.05) is 37.8 Å². The smallest absolute Gasteiger partial charge is 0.254 e. The second kappa shape index (κ2) is 8.76. The number of amides is 1. The molecule has 6 heteroatoms. The van der Waals surface area contributed by atoms with E-state index in [9.17, 15) is 9.18 Å². The molecule has 1 fully saturated rings. The standard InChI is InChI=1S/C19H24FN3O2/c20-17-9-5-6-10-18(17)23-14-15(13-22-23)19(24)21-11-12-25-16-7-3-1-2-4-8-16/h5-6,9-10,13-14,16H,1-4,7-8,11-12H2,(H,21,24). The number of aromatic nitrogens is 2. The summed E-state index contributed by atoms with van der Waals surface area (Å²) in [6.45, 7) is 0.970. The van der Waals surface area contributed by atoms with Crippen LogP contribution in [0, 0.1) is 5.82 Å². The second-order valence-electron chi connectivity index (χ2n) is 6.37. The van der Waals surface area contributed by atoms with Gasteiger partial charge in [-0.05, 0) is 25.0 Å². The largest absolute Gasteiger partial charge is 0.376 e. The zero-order valence-corrected chi connectivity index (χ0v) is 14.3. The summed E-state index contributed by atoms with van der Waals surface area (Å²) >= 11 is 0. The van der Waals surface area contributed by atoms with Crippen LogP contribution in [0.2, 0.25) is 0 Å². The number of rotatable bonds is 6. The second-order valence-corrected chi connectivity index (χ2v) is 6.37. The maximum Gasteiger partial charge on any atom is 0.254 e. The van der Waals surface area contributed by atoms with Crippen molar-refractivity contribution in [2.24, 2.45) is 0 Å². The van der Waals surface area contributed by atoms with Crippen molar-refractivity contribution in [3.63, 3.8) is 0 Å². The van der Waals surface area contributed by atoms with Gasteiger partial charge in [0.1, 0.15) is 11.5 Å². The van der Waals surface area contributed by atoms with Crippen molar-refractivity contribution in [2.45, 2.75) is 44.6 Å². The molecule has 1 aromatic heterocycles. The van der Waals surface area contributed by atoms with Crippen molar-refractivity contribution >= 4 is 5.91 Å². The molecule has 5 nitrogen and oxygen atoms in total. The van der Waals surface area contributed by atoms with Crippen molar-refractivity contribution in [3.05, 3.63) is 48.0 Å². The highest BCUT2D eigenvalue weighted by Gasteiger charge is 2.13. The number of benzene rings is 1. The minimum absolute atomic E-state index is 0.230. The van der Waals surface area contributed by atoms with Crippen molar-refractivity contribution in [2.75, 3.05) is 13.2 Å². The van der Waals surface area contributed by atoms with E-state index in [4.69, 9.17) is 4.74 Å². The van der Waals surface area contributed by atoms with E-state index in [1.165, 1.54) is 48.8 Å². The topological polar surface area (TPSA) is 56.1 Å². The number of carbonyl (C=O) groups is 1. The normalized spacial score (nSPS) is 15.7.